The maximum absolute atomic E-state index is 11.6. The van der Waals surface area contributed by atoms with Gasteiger partial charge in [-0.1, -0.05) is 43.7 Å². The number of allylic oxidation sites excluding steroid dienone is 2. The van der Waals surface area contributed by atoms with Gasteiger partial charge in [0.05, 0.1) is 0 Å². The van der Waals surface area contributed by atoms with E-state index in [4.69, 9.17) is 0 Å². The van der Waals surface area contributed by atoms with E-state index in [0.717, 1.165) is 12.0 Å². The van der Waals surface area contributed by atoms with Gasteiger partial charge in [-0.15, -0.1) is 0 Å². The van der Waals surface area contributed by atoms with Crippen LogP contribution < -0.4 is 0 Å². The lowest BCUT2D eigenvalue weighted by atomic mass is 9.85. The van der Waals surface area contributed by atoms with Crippen molar-refractivity contribution in [3.05, 3.63) is 59.7 Å². The van der Waals surface area contributed by atoms with Crippen molar-refractivity contribution in [1.82, 2.24) is 0 Å². The highest BCUT2D eigenvalue weighted by atomic mass is 16.3. The van der Waals surface area contributed by atoms with Crippen molar-refractivity contribution in [2.24, 2.45) is 0 Å². The smallest absolute Gasteiger partial charge is 0.181 e. The average Bonchev–Trinajstić information content (AvgIpc) is 2.36. The summed E-state index contributed by atoms with van der Waals surface area (Å²) >= 11 is 0. The number of rotatable bonds is 3. The molecule has 1 aliphatic carbocycles. The molecular formula is C15H16O2. The van der Waals surface area contributed by atoms with Gasteiger partial charge in [0.15, 0.2) is 5.78 Å². The van der Waals surface area contributed by atoms with Gasteiger partial charge in [-0.2, -0.15) is 0 Å². The van der Waals surface area contributed by atoms with Gasteiger partial charge in [0, 0.05) is 0 Å². The normalized spacial score (nSPS) is 23.6. The summed E-state index contributed by atoms with van der Waals surface area (Å²) in [6.45, 7) is 2.02. The molecule has 2 nitrogen and oxygen atoms in total. The van der Waals surface area contributed by atoms with Crippen LogP contribution in [0.15, 0.2) is 54.1 Å². The van der Waals surface area contributed by atoms with E-state index in [-0.39, 0.29) is 5.78 Å². The van der Waals surface area contributed by atoms with Crippen molar-refractivity contribution in [2.45, 2.75) is 25.4 Å². The molecule has 0 heterocycles. The van der Waals surface area contributed by atoms with Crippen molar-refractivity contribution in [3.63, 3.8) is 0 Å². The predicted octanol–water partition coefficient (Wildman–Crippen LogP) is 2.74. The van der Waals surface area contributed by atoms with E-state index >= 15 is 0 Å². The zero-order chi connectivity index (χ0) is 12.3. The van der Waals surface area contributed by atoms with Crippen LogP contribution in [0.2, 0.25) is 0 Å². The topological polar surface area (TPSA) is 37.3 Å². The summed E-state index contributed by atoms with van der Waals surface area (Å²) in [5.74, 6) is 0.00690. The van der Waals surface area contributed by atoms with Crippen molar-refractivity contribution in [2.75, 3.05) is 0 Å². The third-order valence-corrected chi connectivity index (χ3v) is 2.96. The minimum atomic E-state index is -1.14. The molecule has 0 amide bonds. The van der Waals surface area contributed by atoms with E-state index in [1.807, 2.05) is 37.3 Å². The lowest BCUT2D eigenvalue weighted by molar-refractivity contribution is -0.111. The Morgan fingerprint density at radius 3 is 2.59 bits per heavy atom. The molecule has 0 saturated carbocycles. The molecular weight excluding hydrogens is 212 g/mol. The van der Waals surface area contributed by atoms with Crippen LogP contribution in [-0.4, -0.2) is 10.9 Å². The van der Waals surface area contributed by atoms with Crippen molar-refractivity contribution < 1.29 is 9.90 Å². The first-order valence-corrected chi connectivity index (χ1v) is 5.89. The van der Waals surface area contributed by atoms with Gasteiger partial charge in [0.1, 0.15) is 5.60 Å². The monoisotopic (exact) mass is 228 g/mol. The Morgan fingerprint density at radius 1 is 1.24 bits per heavy atom. The van der Waals surface area contributed by atoms with Crippen LogP contribution >= 0.6 is 0 Å². The fourth-order valence-corrected chi connectivity index (χ4v) is 2.04. The first kappa shape index (κ1) is 11.8. The lowest BCUT2D eigenvalue weighted by Crippen LogP contribution is -2.25. The van der Waals surface area contributed by atoms with Crippen LogP contribution in [0.4, 0.5) is 0 Å². The fourth-order valence-electron chi connectivity index (χ4n) is 2.04. The van der Waals surface area contributed by atoms with Crippen LogP contribution in [0.3, 0.4) is 0 Å². The molecule has 0 radical (unpaired) electrons. The third-order valence-electron chi connectivity index (χ3n) is 2.96. The highest BCUT2D eigenvalue weighted by molar-refractivity contribution is 6.05. The highest BCUT2D eigenvalue weighted by Crippen LogP contribution is 2.30. The molecule has 1 atom stereocenters. The van der Waals surface area contributed by atoms with E-state index in [9.17, 15) is 9.90 Å². The van der Waals surface area contributed by atoms with Crippen LogP contribution in [0.5, 0.6) is 0 Å². The predicted molar refractivity (Wildman–Crippen MR) is 67.5 cm³/mol. The number of aliphatic hydroxyl groups is 1. The van der Waals surface area contributed by atoms with Gasteiger partial charge in [-0.25, -0.2) is 0 Å². The van der Waals surface area contributed by atoms with Crippen LogP contribution in [0.25, 0.3) is 0 Å². The Labute approximate surface area is 101 Å². The van der Waals surface area contributed by atoms with Gasteiger partial charge in [0.25, 0.3) is 0 Å². The molecule has 0 aromatic heterocycles. The quantitative estimate of drug-likeness (QED) is 0.863. The molecule has 17 heavy (non-hydrogen) atoms. The molecule has 0 bridgehead atoms. The van der Waals surface area contributed by atoms with Crippen LogP contribution in [0, 0.1) is 0 Å². The molecule has 88 valence electrons. The Hall–Kier alpha value is -1.67. The number of benzene rings is 1. The third kappa shape index (κ3) is 2.37. The minimum Gasteiger partial charge on any atom is -0.377 e. The summed E-state index contributed by atoms with van der Waals surface area (Å²) in [6.07, 6.45) is 6.31. The van der Waals surface area contributed by atoms with E-state index in [2.05, 4.69) is 0 Å². The van der Waals surface area contributed by atoms with Gasteiger partial charge in [0.2, 0.25) is 0 Å². The lowest BCUT2D eigenvalue weighted by Gasteiger charge is -2.25. The van der Waals surface area contributed by atoms with Crippen molar-refractivity contribution in [3.8, 4) is 0 Å². The van der Waals surface area contributed by atoms with Crippen molar-refractivity contribution in [1.29, 1.82) is 0 Å². The first-order chi connectivity index (χ1) is 8.15. The Kier molecular flexibility index (Phi) is 3.25. The Bertz CT molecular complexity index is 471. The zero-order valence-corrected chi connectivity index (χ0v) is 9.89. The molecule has 1 N–H and O–H groups in total. The maximum Gasteiger partial charge on any atom is 0.181 e. The van der Waals surface area contributed by atoms with E-state index < -0.39 is 5.60 Å². The first-order valence-electron chi connectivity index (χ1n) is 5.89. The number of hydrogen-bond donors (Lipinski definition) is 1. The average molecular weight is 228 g/mol. The molecule has 1 unspecified atom stereocenters. The van der Waals surface area contributed by atoms with E-state index in [1.54, 1.807) is 12.2 Å². The summed E-state index contributed by atoms with van der Waals surface area (Å²) in [4.78, 5) is 11.6. The van der Waals surface area contributed by atoms with Crippen LogP contribution in [-0.2, 0) is 10.4 Å². The second-order valence-corrected chi connectivity index (χ2v) is 4.31. The highest BCUT2D eigenvalue weighted by Gasteiger charge is 2.28. The number of carbonyl (C=O) groups is 1. The second kappa shape index (κ2) is 4.68. The van der Waals surface area contributed by atoms with Gasteiger partial charge in [-0.3, -0.25) is 4.79 Å². The summed E-state index contributed by atoms with van der Waals surface area (Å²) < 4.78 is 0. The maximum atomic E-state index is 11.6. The van der Waals surface area contributed by atoms with Crippen LogP contribution in [0.1, 0.15) is 25.3 Å². The van der Waals surface area contributed by atoms with Crippen molar-refractivity contribution >= 4 is 5.78 Å². The van der Waals surface area contributed by atoms with E-state index in [1.165, 1.54) is 6.08 Å². The van der Waals surface area contributed by atoms with Gasteiger partial charge >= 0.3 is 0 Å². The summed E-state index contributed by atoms with van der Waals surface area (Å²) in [7, 11) is 0. The SMILES string of the molecule is CCCC1=CC(O)(c2ccccc2)C=CC1=O. The van der Waals surface area contributed by atoms with Gasteiger partial charge in [-0.05, 0) is 35.8 Å². The van der Waals surface area contributed by atoms with Gasteiger partial charge < -0.3 is 5.11 Å². The molecule has 1 aromatic rings. The molecule has 2 heteroatoms. The summed E-state index contributed by atoms with van der Waals surface area (Å²) in [5, 5.41) is 10.5. The molecule has 2 rings (SSSR count). The largest absolute Gasteiger partial charge is 0.377 e. The second-order valence-electron chi connectivity index (χ2n) is 4.31. The van der Waals surface area contributed by atoms with E-state index in [0.29, 0.717) is 12.0 Å². The zero-order valence-electron chi connectivity index (χ0n) is 9.89. The Balaban J connectivity index is 2.39. The Morgan fingerprint density at radius 2 is 1.94 bits per heavy atom. The molecule has 1 aliphatic rings. The molecule has 0 saturated heterocycles. The summed E-state index contributed by atoms with van der Waals surface area (Å²) in [6, 6.07) is 9.39. The molecule has 0 spiro atoms. The standard InChI is InChI=1S/C15H16O2/c1-2-6-12-11-15(17,10-9-14(12)16)13-7-4-3-5-8-13/h3-5,7-11,17H,2,6H2,1H3. The molecule has 1 aromatic carbocycles. The number of hydrogen-bond acceptors (Lipinski definition) is 2. The number of ketones is 1. The molecule has 0 aliphatic heterocycles. The molecule has 0 fully saturated rings. The summed E-state index contributed by atoms with van der Waals surface area (Å²) in [5.41, 5.74) is 0.346. The minimum absolute atomic E-state index is 0.00690. The fraction of sp³-hybridized carbons (Fsp3) is 0.267. The number of carbonyl (C=O) groups excluding carboxylic acids is 1.